The lowest BCUT2D eigenvalue weighted by Crippen LogP contribution is -2.37. The van der Waals surface area contributed by atoms with Crippen LogP contribution in [0.3, 0.4) is 0 Å². The quantitative estimate of drug-likeness (QED) is 0.563. The largest absolute Gasteiger partial charge is 0.481 e. The molecule has 0 fully saturated rings. The van der Waals surface area contributed by atoms with Gasteiger partial charge in [-0.15, -0.1) is 0 Å². The fourth-order valence-corrected chi connectivity index (χ4v) is 5.03. The standard InChI is InChI=1S/C23H32N4O4S/c1-4-27(5-2)14-7-15-32(29,30)26-23(28)25-22-19-9-6-8-17(19)10-11-20(22)18-12-13-24-21(16-18)31-3/h10-13,16H,4-9,14-15H2,1-3H3,(H2,25,26,28). The van der Waals surface area contributed by atoms with Crippen molar-refractivity contribution in [3.8, 4) is 17.0 Å². The zero-order valence-corrected chi connectivity index (χ0v) is 19.8. The van der Waals surface area contributed by atoms with E-state index >= 15 is 0 Å². The lowest BCUT2D eigenvalue weighted by molar-refractivity contribution is 0.256. The SMILES string of the molecule is CCN(CC)CCCS(=O)(=O)NC(=O)Nc1c(-c2ccnc(OC)c2)ccc2c1CCC2. The molecule has 1 heterocycles. The zero-order chi connectivity index (χ0) is 23.1. The summed E-state index contributed by atoms with van der Waals surface area (Å²) in [5.74, 6) is 0.368. The molecule has 0 aliphatic heterocycles. The molecule has 2 N–H and O–H groups in total. The Morgan fingerprint density at radius 1 is 1.19 bits per heavy atom. The molecule has 0 saturated carbocycles. The van der Waals surface area contributed by atoms with E-state index in [0.717, 1.165) is 49.0 Å². The monoisotopic (exact) mass is 460 g/mol. The second-order valence-electron chi connectivity index (χ2n) is 7.82. The number of hydrogen-bond acceptors (Lipinski definition) is 6. The maximum absolute atomic E-state index is 12.7. The summed E-state index contributed by atoms with van der Waals surface area (Å²) in [5, 5.41) is 2.82. The number of carbonyl (C=O) groups is 1. The fourth-order valence-electron chi connectivity index (χ4n) is 4.09. The van der Waals surface area contributed by atoms with Crippen LogP contribution < -0.4 is 14.8 Å². The number of nitrogens with one attached hydrogen (secondary N) is 2. The average molecular weight is 461 g/mol. The molecule has 32 heavy (non-hydrogen) atoms. The minimum absolute atomic E-state index is 0.0990. The maximum atomic E-state index is 12.7. The summed E-state index contributed by atoms with van der Waals surface area (Å²) in [6.45, 7) is 6.49. The van der Waals surface area contributed by atoms with Crippen LogP contribution >= 0.6 is 0 Å². The van der Waals surface area contributed by atoms with Gasteiger partial charge in [0.25, 0.3) is 0 Å². The van der Waals surface area contributed by atoms with E-state index in [9.17, 15) is 13.2 Å². The molecule has 0 spiro atoms. The van der Waals surface area contributed by atoms with Crippen LogP contribution in [0.2, 0.25) is 0 Å². The predicted octanol–water partition coefficient (Wildman–Crippen LogP) is 3.43. The van der Waals surface area contributed by atoms with Crippen LogP contribution in [0.1, 0.15) is 37.8 Å². The molecule has 0 saturated heterocycles. The fraction of sp³-hybridized carbons (Fsp3) is 0.478. The lowest BCUT2D eigenvalue weighted by atomic mass is 9.98. The number of urea groups is 1. The first-order chi connectivity index (χ1) is 15.4. The first-order valence-electron chi connectivity index (χ1n) is 11.1. The number of amides is 2. The average Bonchev–Trinajstić information content (AvgIpc) is 3.26. The van der Waals surface area contributed by atoms with Gasteiger partial charge in [-0.05, 0) is 68.1 Å². The van der Waals surface area contributed by atoms with Crippen LogP contribution in [0.4, 0.5) is 10.5 Å². The van der Waals surface area contributed by atoms with Crippen molar-refractivity contribution >= 4 is 21.7 Å². The van der Waals surface area contributed by atoms with Crippen molar-refractivity contribution < 1.29 is 17.9 Å². The van der Waals surface area contributed by atoms with E-state index in [2.05, 4.69) is 26.0 Å². The van der Waals surface area contributed by atoms with Crippen molar-refractivity contribution in [1.82, 2.24) is 14.6 Å². The number of carbonyl (C=O) groups excluding carboxylic acids is 1. The number of nitrogens with zero attached hydrogens (tertiary/aromatic N) is 2. The van der Waals surface area contributed by atoms with Crippen LogP contribution in [0.15, 0.2) is 30.5 Å². The number of aryl methyl sites for hydroxylation is 1. The van der Waals surface area contributed by atoms with Crippen molar-refractivity contribution in [2.75, 3.05) is 37.8 Å². The summed E-state index contributed by atoms with van der Waals surface area (Å²) in [6.07, 6.45) is 4.88. The highest BCUT2D eigenvalue weighted by molar-refractivity contribution is 7.90. The van der Waals surface area contributed by atoms with Gasteiger partial charge in [0.1, 0.15) is 0 Å². The lowest BCUT2D eigenvalue weighted by Gasteiger charge is -2.18. The van der Waals surface area contributed by atoms with E-state index in [4.69, 9.17) is 4.74 Å². The molecule has 0 bridgehead atoms. The molecule has 1 aromatic carbocycles. The van der Waals surface area contributed by atoms with Gasteiger partial charge in [0.2, 0.25) is 15.9 Å². The number of methoxy groups -OCH3 is 1. The first kappa shape index (κ1) is 24.0. The Balaban J connectivity index is 1.77. The Kier molecular flexibility index (Phi) is 8.09. The van der Waals surface area contributed by atoms with Crippen molar-refractivity contribution in [2.45, 2.75) is 39.5 Å². The summed E-state index contributed by atoms with van der Waals surface area (Å²) < 4.78 is 32.3. The molecule has 1 aliphatic carbocycles. The maximum Gasteiger partial charge on any atom is 0.332 e. The molecule has 0 atom stereocenters. The Morgan fingerprint density at radius 3 is 2.69 bits per heavy atom. The number of pyridine rings is 1. The van der Waals surface area contributed by atoms with Crippen LogP contribution in [-0.4, -0.2) is 56.8 Å². The summed E-state index contributed by atoms with van der Waals surface area (Å²) >= 11 is 0. The molecular weight excluding hydrogens is 428 g/mol. The van der Waals surface area contributed by atoms with Crippen LogP contribution in [0, 0.1) is 0 Å². The van der Waals surface area contributed by atoms with E-state index in [1.807, 2.05) is 26.0 Å². The third-order valence-electron chi connectivity index (χ3n) is 5.81. The number of sulfonamides is 1. The third kappa shape index (κ3) is 5.98. The summed E-state index contributed by atoms with van der Waals surface area (Å²) in [5.41, 5.74) is 4.51. The molecule has 0 unspecified atom stereocenters. The minimum atomic E-state index is -3.73. The van der Waals surface area contributed by atoms with Gasteiger partial charge in [0, 0.05) is 17.8 Å². The molecule has 2 amide bonds. The van der Waals surface area contributed by atoms with E-state index < -0.39 is 16.1 Å². The van der Waals surface area contributed by atoms with Crippen LogP contribution in [0.25, 0.3) is 11.1 Å². The number of rotatable bonds is 10. The highest BCUT2D eigenvalue weighted by atomic mass is 32.2. The molecular formula is C23H32N4O4S. The Labute approximate surface area is 190 Å². The van der Waals surface area contributed by atoms with Crippen molar-refractivity contribution in [3.63, 3.8) is 0 Å². The van der Waals surface area contributed by atoms with Crippen molar-refractivity contribution in [2.24, 2.45) is 0 Å². The second-order valence-corrected chi connectivity index (χ2v) is 9.66. The van der Waals surface area contributed by atoms with Gasteiger partial charge in [-0.25, -0.2) is 22.9 Å². The number of hydrogen-bond donors (Lipinski definition) is 2. The third-order valence-corrected chi connectivity index (χ3v) is 7.13. The van der Waals surface area contributed by atoms with Crippen LogP contribution in [-0.2, 0) is 22.9 Å². The van der Waals surface area contributed by atoms with E-state index in [1.54, 1.807) is 19.4 Å². The highest BCUT2D eigenvalue weighted by Gasteiger charge is 2.22. The molecule has 0 radical (unpaired) electrons. The topological polar surface area (TPSA) is 101 Å². The van der Waals surface area contributed by atoms with Crippen molar-refractivity contribution in [3.05, 3.63) is 41.6 Å². The van der Waals surface area contributed by atoms with E-state index in [-0.39, 0.29) is 5.75 Å². The molecule has 1 aromatic heterocycles. The Morgan fingerprint density at radius 2 is 1.97 bits per heavy atom. The molecule has 174 valence electrons. The molecule has 1 aliphatic rings. The van der Waals surface area contributed by atoms with Gasteiger partial charge >= 0.3 is 6.03 Å². The van der Waals surface area contributed by atoms with Gasteiger partial charge < -0.3 is 15.0 Å². The number of aromatic nitrogens is 1. The number of ether oxygens (including phenoxy) is 1. The van der Waals surface area contributed by atoms with Gasteiger partial charge in [-0.3, -0.25) is 0 Å². The smallest absolute Gasteiger partial charge is 0.332 e. The molecule has 2 aromatic rings. The predicted molar refractivity (Wildman–Crippen MR) is 127 cm³/mol. The number of fused-ring (bicyclic) bond motifs is 1. The van der Waals surface area contributed by atoms with Crippen molar-refractivity contribution in [1.29, 1.82) is 0 Å². The Hall–Kier alpha value is -2.65. The zero-order valence-electron chi connectivity index (χ0n) is 19.0. The molecule has 3 rings (SSSR count). The van der Waals surface area contributed by atoms with E-state index in [1.165, 1.54) is 5.56 Å². The van der Waals surface area contributed by atoms with E-state index in [0.29, 0.717) is 24.5 Å². The van der Waals surface area contributed by atoms with Gasteiger partial charge in [0.05, 0.1) is 18.6 Å². The summed E-state index contributed by atoms with van der Waals surface area (Å²) in [6, 6.07) is 6.91. The summed E-state index contributed by atoms with van der Waals surface area (Å²) in [4.78, 5) is 19.0. The first-order valence-corrected chi connectivity index (χ1v) is 12.7. The van der Waals surface area contributed by atoms with Gasteiger partial charge in [-0.1, -0.05) is 26.0 Å². The molecule has 8 nitrogen and oxygen atoms in total. The second kappa shape index (κ2) is 10.8. The van der Waals surface area contributed by atoms with Gasteiger partial charge in [-0.2, -0.15) is 0 Å². The molecule has 9 heteroatoms. The van der Waals surface area contributed by atoms with Crippen LogP contribution in [0.5, 0.6) is 5.88 Å². The number of anilines is 1. The minimum Gasteiger partial charge on any atom is -0.481 e. The highest BCUT2D eigenvalue weighted by Crippen LogP contribution is 2.38. The van der Waals surface area contributed by atoms with Gasteiger partial charge in [0.15, 0.2) is 0 Å². The number of benzene rings is 1. The normalized spacial score (nSPS) is 13.1. The summed E-state index contributed by atoms with van der Waals surface area (Å²) in [7, 11) is -2.19. The Bertz CT molecular complexity index is 1050.